The van der Waals surface area contributed by atoms with E-state index in [1.54, 1.807) is 18.2 Å². The minimum absolute atomic E-state index is 0.0120. The van der Waals surface area contributed by atoms with Gasteiger partial charge in [0.1, 0.15) is 0 Å². The molecule has 1 saturated heterocycles. The van der Waals surface area contributed by atoms with Crippen molar-refractivity contribution >= 4 is 23.2 Å². The molecule has 1 aromatic rings. The number of halogens is 1. The van der Waals surface area contributed by atoms with E-state index in [0.29, 0.717) is 22.3 Å². The smallest absolute Gasteiger partial charge is 0.253 e. The van der Waals surface area contributed by atoms with Crippen molar-refractivity contribution in [3.8, 4) is 0 Å². The normalized spacial score (nSPS) is 17.4. The molecule has 4 nitrogen and oxygen atoms in total. The Labute approximate surface area is 119 Å². The molecule has 2 N–H and O–H groups in total. The number of nitrogens with zero attached hydrogens (tertiary/aromatic N) is 2. The van der Waals surface area contributed by atoms with E-state index in [0.717, 1.165) is 25.9 Å². The van der Waals surface area contributed by atoms with E-state index in [1.807, 2.05) is 11.9 Å². The van der Waals surface area contributed by atoms with Gasteiger partial charge in [-0.1, -0.05) is 11.6 Å². The highest BCUT2D eigenvalue weighted by molar-refractivity contribution is 6.33. The van der Waals surface area contributed by atoms with Crippen molar-refractivity contribution in [2.45, 2.75) is 18.9 Å². The maximum Gasteiger partial charge on any atom is 0.253 e. The van der Waals surface area contributed by atoms with Crippen LogP contribution in [-0.4, -0.2) is 48.9 Å². The molecular weight excluding hydrogens is 262 g/mol. The number of carbonyl (C=O) groups is 1. The zero-order valence-electron chi connectivity index (χ0n) is 11.4. The third-order valence-corrected chi connectivity index (χ3v) is 4.14. The van der Waals surface area contributed by atoms with Gasteiger partial charge in [-0.25, -0.2) is 0 Å². The van der Waals surface area contributed by atoms with Crippen molar-refractivity contribution in [3.63, 3.8) is 0 Å². The Kier molecular flexibility index (Phi) is 4.32. The lowest BCUT2D eigenvalue weighted by molar-refractivity contribution is 0.0659. The number of rotatable bonds is 2. The summed E-state index contributed by atoms with van der Waals surface area (Å²) in [6.45, 7) is 2.07. The average molecular weight is 282 g/mol. The van der Waals surface area contributed by atoms with Crippen LogP contribution in [-0.2, 0) is 0 Å². The first-order valence-corrected chi connectivity index (χ1v) is 6.87. The maximum atomic E-state index is 12.4. The predicted molar refractivity (Wildman–Crippen MR) is 78.5 cm³/mol. The summed E-state index contributed by atoms with van der Waals surface area (Å²) in [5.74, 6) is 0.0120. The Bertz CT molecular complexity index is 470. The Hall–Kier alpha value is -1.26. The maximum absolute atomic E-state index is 12.4. The molecule has 0 spiro atoms. The van der Waals surface area contributed by atoms with Crippen LogP contribution in [0.3, 0.4) is 0 Å². The molecular formula is C14H20ClN3O. The van der Waals surface area contributed by atoms with Crippen LogP contribution in [0, 0.1) is 0 Å². The van der Waals surface area contributed by atoms with Gasteiger partial charge in [0.25, 0.3) is 5.91 Å². The zero-order valence-corrected chi connectivity index (χ0v) is 12.2. The van der Waals surface area contributed by atoms with Gasteiger partial charge in [-0.3, -0.25) is 4.79 Å². The molecule has 2 rings (SSSR count). The van der Waals surface area contributed by atoms with Gasteiger partial charge in [0.2, 0.25) is 0 Å². The van der Waals surface area contributed by atoms with Gasteiger partial charge < -0.3 is 15.5 Å². The predicted octanol–water partition coefficient (Wildman–Crippen LogP) is 2.09. The first-order chi connectivity index (χ1) is 8.99. The van der Waals surface area contributed by atoms with Crippen LogP contribution >= 0.6 is 11.6 Å². The molecule has 1 fully saturated rings. The molecule has 0 atom stereocenters. The Morgan fingerprint density at radius 1 is 1.42 bits per heavy atom. The topological polar surface area (TPSA) is 49.6 Å². The summed E-state index contributed by atoms with van der Waals surface area (Å²) in [6.07, 6.45) is 2.03. The monoisotopic (exact) mass is 281 g/mol. The number of carbonyl (C=O) groups excluding carboxylic acids is 1. The fourth-order valence-electron chi connectivity index (χ4n) is 2.43. The van der Waals surface area contributed by atoms with Gasteiger partial charge in [0.15, 0.2) is 0 Å². The van der Waals surface area contributed by atoms with E-state index in [4.69, 9.17) is 17.3 Å². The highest BCUT2D eigenvalue weighted by Crippen LogP contribution is 2.22. The van der Waals surface area contributed by atoms with Crippen LogP contribution in [0.25, 0.3) is 0 Å². The summed E-state index contributed by atoms with van der Waals surface area (Å²) >= 11 is 5.87. The van der Waals surface area contributed by atoms with E-state index in [9.17, 15) is 4.79 Å². The van der Waals surface area contributed by atoms with Crippen LogP contribution in [0.4, 0.5) is 5.69 Å². The van der Waals surface area contributed by atoms with Crippen LogP contribution in [0.1, 0.15) is 23.2 Å². The van der Waals surface area contributed by atoms with Crippen molar-refractivity contribution in [3.05, 3.63) is 28.8 Å². The Morgan fingerprint density at radius 3 is 2.63 bits per heavy atom. The number of nitrogens with two attached hydrogens (primary N) is 1. The summed E-state index contributed by atoms with van der Waals surface area (Å²) in [4.78, 5) is 16.5. The van der Waals surface area contributed by atoms with Gasteiger partial charge >= 0.3 is 0 Å². The van der Waals surface area contributed by atoms with Crippen molar-refractivity contribution < 1.29 is 4.79 Å². The Morgan fingerprint density at radius 2 is 2.05 bits per heavy atom. The SMILES string of the molecule is CN1CCC(N(C)C(=O)c2ccc(Cl)c(N)c2)CC1. The lowest BCUT2D eigenvalue weighted by Gasteiger charge is -2.35. The molecule has 104 valence electrons. The second-order valence-electron chi connectivity index (χ2n) is 5.19. The average Bonchev–Trinajstić information content (AvgIpc) is 2.41. The minimum Gasteiger partial charge on any atom is -0.398 e. The number of nitrogen functional groups attached to an aromatic ring is 1. The van der Waals surface area contributed by atoms with Crippen LogP contribution in [0.15, 0.2) is 18.2 Å². The quantitative estimate of drug-likeness (QED) is 0.845. The molecule has 0 bridgehead atoms. The van der Waals surface area contributed by atoms with E-state index in [1.165, 1.54) is 0 Å². The number of piperidine rings is 1. The summed E-state index contributed by atoms with van der Waals surface area (Å²) < 4.78 is 0. The standard InChI is InChI=1S/C14H20ClN3O/c1-17-7-5-11(6-8-17)18(2)14(19)10-3-4-12(15)13(16)9-10/h3-4,9,11H,5-8,16H2,1-2H3. The molecule has 0 saturated carbocycles. The zero-order chi connectivity index (χ0) is 14.0. The second-order valence-corrected chi connectivity index (χ2v) is 5.59. The first-order valence-electron chi connectivity index (χ1n) is 6.50. The van der Waals surface area contributed by atoms with E-state index in [-0.39, 0.29) is 5.91 Å². The lowest BCUT2D eigenvalue weighted by atomic mass is 10.0. The van der Waals surface area contributed by atoms with Crippen molar-refractivity contribution in [2.75, 3.05) is 32.9 Å². The van der Waals surface area contributed by atoms with Crippen molar-refractivity contribution in [1.82, 2.24) is 9.80 Å². The number of benzene rings is 1. The van der Waals surface area contributed by atoms with Crippen LogP contribution in [0.2, 0.25) is 5.02 Å². The molecule has 1 heterocycles. The van der Waals surface area contributed by atoms with E-state index >= 15 is 0 Å². The fraction of sp³-hybridized carbons (Fsp3) is 0.500. The highest BCUT2D eigenvalue weighted by atomic mass is 35.5. The summed E-state index contributed by atoms with van der Waals surface area (Å²) in [7, 11) is 3.97. The molecule has 0 unspecified atom stereocenters. The van der Waals surface area contributed by atoms with Crippen LogP contribution in [0.5, 0.6) is 0 Å². The van der Waals surface area contributed by atoms with Crippen molar-refractivity contribution in [2.24, 2.45) is 0 Å². The summed E-state index contributed by atoms with van der Waals surface area (Å²) in [5, 5.41) is 0.485. The van der Waals surface area contributed by atoms with Gasteiger partial charge in [0, 0.05) is 18.7 Å². The van der Waals surface area contributed by atoms with Gasteiger partial charge in [0.05, 0.1) is 10.7 Å². The summed E-state index contributed by atoms with van der Waals surface area (Å²) in [5.41, 5.74) is 6.79. The molecule has 5 heteroatoms. The molecule has 19 heavy (non-hydrogen) atoms. The summed E-state index contributed by atoms with van der Waals surface area (Å²) in [6, 6.07) is 5.36. The molecule has 1 amide bonds. The molecule has 0 radical (unpaired) electrons. The molecule has 1 aliphatic heterocycles. The fourth-order valence-corrected chi connectivity index (χ4v) is 2.55. The minimum atomic E-state index is 0.0120. The Balaban J connectivity index is 2.08. The molecule has 1 aromatic carbocycles. The van der Waals surface area contributed by atoms with Crippen LogP contribution < -0.4 is 5.73 Å². The largest absolute Gasteiger partial charge is 0.398 e. The lowest BCUT2D eigenvalue weighted by Crippen LogP contribution is -2.44. The number of hydrogen-bond acceptors (Lipinski definition) is 3. The van der Waals surface area contributed by atoms with Gasteiger partial charge in [-0.15, -0.1) is 0 Å². The number of anilines is 1. The third kappa shape index (κ3) is 3.19. The third-order valence-electron chi connectivity index (χ3n) is 3.80. The number of likely N-dealkylation sites (tertiary alicyclic amines) is 1. The molecule has 1 aliphatic rings. The highest BCUT2D eigenvalue weighted by Gasteiger charge is 2.24. The molecule has 0 aromatic heterocycles. The van der Waals surface area contributed by atoms with Gasteiger partial charge in [-0.2, -0.15) is 0 Å². The number of amides is 1. The number of hydrogen-bond donors (Lipinski definition) is 1. The van der Waals surface area contributed by atoms with Gasteiger partial charge in [-0.05, 0) is 51.2 Å². The van der Waals surface area contributed by atoms with E-state index in [2.05, 4.69) is 11.9 Å². The first kappa shape index (κ1) is 14.2. The second kappa shape index (κ2) is 5.80. The van der Waals surface area contributed by atoms with Crippen molar-refractivity contribution in [1.29, 1.82) is 0 Å². The van der Waals surface area contributed by atoms with E-state index < -0.39 is 0 Å². The molecule has 0 aliphatic carbocycles.